The number of anilines is 2. The number of amides is 4. The number of phenolic OH excluding ortho intramolecular Hbond substituents is 1. The maximum atomic E-state index is 14.3. The zero-order valence-electron chi connectivity index (χ0n) is 25.3. The van der Waals surface area contributed by atoms with E-state index >= 15 is 0 Å². The van der Waals surface area contributed by atoms with Gasteiger partial charge in [0.1, 0.15) is 0 Å². The summed E-state index contributed by atoms with van der Waals surface area (Å²) in [5.41, 5.74) is -1.22. The molecule has 2 aliphatic carbocycles. The van der Waals surface area contributed by atoms with Gasteiger partial charge in [-0.15, -0.1) is 23.2 Å². The lowest BCUT2D eigenvalue weighted by atomic mass is 9.56. The number of imide groups is 2. The van der Waals surface area contributed by atoms with E-state index < -0.39 is 78.3 Å². The second-order valence-electron chi connectivity index (χ2n) is 12.2. The highest BCUT2D eigenvalue weighted by Crippen LogP contribution is 2.65. The van der Waals surface area contributed by atoms with E-state index in [1.807, 2.05) is 0 Å². The first-order valence-electron chi connectivity index (χ1n) is 14.3. The number of fused-ring (bicyclic) bond motifs is 4. The van der Waals surface area contributed by atoms with Gasteiger partial charge in [0, 0.05) is 39.2 Å². The molecule has 6 unspecified atom stereocenters. The number of aromatic hydroxyl groups is 1. The van der Waals surface area contributed by atoms with Gasteiger partial charge in [-0.3, -0.25) is 44.3 Å². The molecule has 6 atom stereocenters. The molecule has 0 spiro atoms. The Morgan fingerprint density at radius 2 is 1.60 bits per heavy atom. The molecular formula is C30H27Cl2N5O10. The third kappa shape index (κ3) is 4.18. The van der Waals surface area contributed by atoms with E-state index in [1.54, 1.807) is 6.08 Å². The number of carbonyl (C=O) groups excluding carboxylic acids is 4. The molecule has 2 aromatic rings. The topological polar surface area (TPSA) is 194 Å². The highest BCUT2D eigenvalue weighted by atomic mass is 35.5. The number of ether oxygens (including phenoxy) is 1. The zero-order chi connectivity index (χ0) is 34.5. The fourth-order valence-electron chi connectivity index (χ4n) is 7.70. The minimum atomic E-state index is -2.07. The van der Waals surface area contributed by atoms with Gasteiger partial charge in [0.05, 0.1) is 34.5 Å². The van der Waals surface area contributed by atoms with Crippen LogP contribution in [-0.2, 0) is 19.2 Å². The van der Waals surface area contributed by atoms with E-state index in [1.165, 1.54) is 51.4 Å². The number of nitro benzene ring substituents is 2. The van der Waals surface area contributed by atoms with E-state index in [0.29, 0.717) is 16.0 Å². The van der Waals surface area contributed by atoms with Crippen LogP contribution in [0.5, 0.6) is 11.5 Å². The molecule has 1 N–H and O–H groups in total. The number of phenols is 1. The van der Waals surface area contributed by atoms with E-state index in [-0.39, 0.29) is 35.7 Å². The summed E-state index contributed by atoms with van der Waals surface area (Å²) in [4.78, 5) is 76.5. The number of nitrogens with zero attached hydrogens (tertiary/aromatic N) is 5. The monoisotopic (exact) mass is 687 g/mol. The molecule has 3 fully saturated rings. The van der Waals surface area contributed by atoms with Crippen molar-refractivity contribution >= 4 is 69.6 Å². The SMILES string of the molecule is COc1cc(C2C3=CCC4C(=O)N(c5cc([N+](=O)[O-])c(N(C)C)c([N+](=O)[O-])c5)C(=O)C4C3CC3(Cl)C(=O)N(C)C(=O)C23Cl)ccc1O. The molecule has 2 aliphatic heterocycles. The van der Waals surface area contributed by atoms with Crippen molar-refractivity contribution in [3.63, 3.8) is 0 Å². The van der Waals surface area contributed by atoms with Crippen LogP contribution in [0.4, 0.5) is 22.7 Å². The standard InChI is InChI=1S/C30H27Cl2N5O10/c1-33(2)24-18(36(43)44)10-14(11-19(24)37(45)46)35-25(39)16-7-6-15-17(22(16)26(35)40)12-29(31)27(41)34(3)28(42)30(29,32)23(15)13-5-8-20(38)21(9-13)47-4/h5-6,8-11,16-17,22-23,38H,7,12H2,1-4H3. The van der Waals surface area contributed by atoms with Crippen LogP contribution in [0.25, 0.3) is 0 Å². The number of nitro groups is 2. The van der Waals surface area contributed by atoms with Crippen molar-refractivity contribution in [3.8, 4) is 11.5 Å². The minimum Gasteiger partial charge on any atom is -0.504 e. The van der Waals surface area contributed by atoms with Gasteiger partial charge >= 0.3 is 11.4 Å². The normalized spacial score (nSPS) is 29.7. The number of hydrogen-bond donors (Lipinski definition) is 1. The Labute approximate surface area is 276 Å². The molecule has 4 aliphatic rings. The Balaban J connectivity index is 1.51. The van der Waals surface area contributed by atoms with Crippen LogP contribution in [0.1, 0.15) is 24.3 Å². The Kier molecular flexibility index (Phi) is 7.28. The number of hydrogen-bond acceptors (Lipinski definition) is 11. The number of likely N-dealkylation sites (tertiary alicyclic amines) is 1. The van der Waals surface area contributed by atoms with Gasteiger partial charge in [0.2, 0.25) is 11.8 Å². The first kappa shape index (κ1) is 32.2. The molecule has 2 heterocycles. The van der Waals surface area contributed by atoms with E-state index in [4.69, 9.17) is 27.9 Å². The minimum absolute atomic E-state index is 0.0104. The van der Waals surface area contributed by atoms with Crippen molar-refractivity contribution in [2.75, 3.05) is 38.1 Å². The molecule has 6 rings (SSSR count). The molecule has 2 aromatic carbocycles. The summed E-state index contributed by atoms with van der Waals surface area (Å²) in [6.45, 7) is 0. The second kappa shape index (κ2) is 10.6. The van der Waals surface area contributed by atoms with Crippen LogP contribution in [0.15, 0.2) is 42.0 Å². The lowest BCUT2D eigenvalue weighted by molar-refractivity contribution is -0.392. The molecule has 246 valence electrons. The molecule has 47 heavy (non-hydrogen) atoms. The number of carbonyl (C=O) groups is 4. The molecule has 17 heteroatoms. The molecule has 0 bridgehead atoms. The van der Waals surface area contributed by atoms with Crippen molar-refractivity contribution in [2.45, 2.75) is 28.5 Å². The van der Waals surface area contributed by atoms with Gasteiger partial charge in [0.25, 0.3) is 11.8 Å². The predicted octanol–water partition coefficient (Wildman–Crippen LogP) is 3.48. The third-order valence-electron chi connectivity index (χ3n) is 9.70. The summed E-state index contributed by atoms with van der Waals surface area (Å²) in [5.74, 6) is -7.45. The van der Waals surface area contributed by atoms with Crippen molar-refractivity contribution < 1.29 is 38.9 Å². The number of halogens is 2. The lowest BCUT2D eigenvalue weighted by Gasteiger charge is -2.50. The van der Waals surface area contributed by atoms with E-state index in [0.717, 1.165) is 17.0 Å². The third-order valence-corrected chi connectivity index (χ3v) is 11.1. The van der Waals surface area contributed by atoms with E-state index in [2.05, 4.69) is 0 Å². The van der Waals surface area contributed by atoms with Crippen LogP contribution in [-0.4, -0.2) is 81.5 Å². The maximum Gasteiger partial charge on any atom is 0.301 e. The van der Waals surface area contributed by atoms with Gasteiger partial charge in [-0.1, -0.05) is 17.7 Å². The van der Waals surface area contributed by atoms with Crippen molar-refractivity contribution in [2.24, 2.45) is 17.8 Å². The zero-order valence-corrected chi connectivity index (χ0v) is 26.8. The lowest BCUT2D eigenvalue weighted by Crippen LogP contribution is -2.60. The fourth-order valence-corrected chi connectivity index (χ4v) is 8.72. The number of allylic oxidation sites excluding steroid dienone is 2. The van der Waals surface area contributed by atoms with Gasteiger partial charge < -0.3 is 14.7 Å². The summed E-state index contributed by atoms with van der Waals surface area (Å²) < 4.78 is 5.28. The van der Waals surface area contributed by atoms with Crippen LogP contribution >= 0.6 is 23.2 Å². The molecule has 0 radical (unpaired) electrons. The Morgan fingerprint density at radius 1 is 0.979 bits per heavy atom. The molecule has 15 nitrogen and oxygen atoms in total. The summed E-state index contributed by atoms with van der Waals surface area (Å²) >= 11 is 14.3. The van der Waals surface area contributed by atoms with Gasteiger partial charge in [0.15, 0.2) is 26.9 Å². The summed E-state index contributed by atoms with van der Waals surface area (Å²) in [7, 11) is 5.34. The Hall–Kier alpha value is -4.76. The van der Waals surface area contributed by atoms with Crippen molar-refractivity contribution in [1.82, 2.24) is 4.90 Å². The van der Waals surface area contributed by atoms with Gasteiger partial charge in [-0.05, 0) is 36.5 Å². The summed E-state index contributed by atoms with van der Waals surface area (Å²) in [5, 5.41) is 34.3. The number of rotatable bonds is 6. The second-order valence-corrected chi connectivity index (χ2v) is 13.4. The number of benzene rings is 2. The van der Waals surface area contributed by atoms with Crippen LogP contribution < -0.4 is 14.5 Å². The molecule has 0 aromatic heterocycles. The maximum absolute atomic E-state index is 14.3. The van der Waals surface area contributed by atoms with Crippen LogP contribution in [0.3, 0.4) is 0 Å². The molecule has 2 saturated heterocycles. The Bertz CT molecular complexity index is 1830. The summed E-state index contributed by atoms with van der Waals surface area (Å²) in [6, 6.07) is 6.15. The number of methoxy groups -OCH3 is 1. The fraction of sp³-hybridized carbons (Fsp3) is 0.400. The average Bonchev–Trinajstić information content (AvgIpc) is 3.35. The predicted molar refractivity (Wildman–Crippen MR) is 167 cm³/mol. The van der Waals surface area contributed by atoms with Gasteiger partial charge in [-0.25, -0.2) is 4.90 Å². The van der Waals surface area contributed by atoms with Crippen molar-refractivity contribution in [1.29, 1.82) is 0 Å². The molecule has 1 saturated carbocycles. The van der Waals surface area contributed by atoms with Gasteiger partial charge in [-0.2, -0.15) is 0 Å². The van der Waals surface area contributed by atoms with E-state index in [9.17, 15) is 44.5 Å². The number of alkyl halides is 2. The highest BCUT2D eigenvalue weighted by molar-refractivity contribution is 6.53. The van der Waals surface area contributed by atoms with Crippen LogP contribution in [0, 0.1) is 38.0 Å². The molecular weight excluding hydrogens is 661 g/mol. The van der Waals surface area contributed by atoms with Crippen LogP contribution in [0.2, 0.25) is 0 Å². The highest BCUT2D eigenvalue weighted by Gasteiger charge is 2.76. The quantitative estimate of drug-likeness (QED) is 0.154. The first-order valence-corrected chi connectivity index (χ1v) is 15.1. The average molecular weight is 688 g/mol. The largest absolute Gasteiger partial charge is 0.504 e. The summed E-state index contributed by atoms with van der Waals surface area (Å²) in [6.07, 6.45) is 1.36. The molecule has 4 amide bonds. The Morgan fingerprint density at radius 3 is 2.15 bits per heavy atom. The smallest absolute Gasteiger partial charge is 0.301 e. The van der Waals surface area contributed by atoms with Crippen molar-refractivity contribution in [3.05, 3.63) is 67.8 Å². The first-order chi connectivity index (χ1) is 22.0.